The first kappa shape index (κ1) is 11.7. The average molecular weight is 320 g/mol. The maximum Gasteiger partial charge on any atom is 0.180 e. The van der Waals surface area contributed by atoms with Crippen molar-refractivity contribution in [3.8, 4) is 6.07 Å². The Balaban J connectivity index is 2.05. The minimum atomic E-state index is 0.358. The summed E-state index contributed by atoms with van der Waals surface area (Å²) in [6.07, 6.45) is 2.05. The topological polar surface area (TPSA) is 62.7 Å². The van der Waals surface area contributed by atoms with Crippen molar-refractivity contribution in [1.29, 1.82) is 5.26 Å². The van der Waals surface area contributed by atoms with Gasteiger partial charge in [-0.2, -0.15) is 5.26 Å². The van der Waals surface area contributed by atoms with Crippen molar-refractivity contribution in [2.24, 2.45) is 0 Å². The Morgan fingerprint density at radius 2 is 2.33 bits per heavy atom. The summed E-state index contributed by atoms with van der Waals surface area (Å²) in [5, 5.41) is 9.53. The van der Waals surface area contributed by atoms with Crippen LogP contribution in [0.2, 0.25) is 0 Å². The first-order chi connectivity index (χ1) is 8.69. The van der Waals surface area contributed by atoms with Crippen LogP contribution in [0.4, 0.5) is 5.13 Å². The molecule has 2 N–H and O–H groups in total. The lowest BCUT2D eigenvalue weighted by atomic mass is 9.97. The minimum absolute atomic E-state index is 0.358. The lowest BCUT2D eigenvalue weighted by Gasteiger charge is -2.12. The summed E-state index contributed by atoms with van der Waals surface area (Å²) in [6.45, 7) is 0. The molecule has 1 unspecified atom stereocenters. The molecule has 0 amide bonds. The van der Waals surface area contributed by atoms with Crippen LogP contribution >= 0.6 is 27.3 Å². The fourth-order valence-corrected chi connectivity index (χ4v) is 4.11. The van der Waals surface area contributed by atoms with Gasteiger partial charge in [-0.25, -0.2) is 4.98 Å². The molecule has 2 aromatic rings. The largest absolute Gasteiger partial charge is 0.375 e. The van der Waals surface area contributed by atoms with Crippen LogP contribution in [0.5, 0.6) is 0 Å². The van der Waals surface area contributed by atoms with Crippen molar-refractivity contribution in [3.63, 3.8) is 0 Å². The Hall–Kier alpha value is -1.38. The predicted molar refractivity (Wildman–Crippen MR) is 75.5 cm³/mol. The van der Waals surface area contributed by atoms with Crippen LogP contribution in [0, 0.1) is 11.3 Å². The highest BCUT2D eigenvalue weighted by atomic mass is 79.9. The van der Waals surface area contributed by atoms with E-state index in [4.69, 9.17) is 11.0 Å². The minimum Gasteiger partial charge on any atom is -0.375 e. The highest BCUT2D eigenvalue weighted by Crippen LogP contribution is 2.44. The van der Waals surface area contributed by atoms with Gasteiger partial charge >= 0.3 is 0 Å². The number of nitrogens with two attached hydrogens (primary N) is 1. The standard InChI is InChI=1S/C13H10BrN3S/c14-10-5-7(6-15)1-2-8(10)9-3-4-11-12(9)18-13(16)17-11/h1-2,5,9H,3-4H2,(H2,16,17). The van der Waals surface area contributed by atoms with E-state index < -0.39 is 0 Å². The molecule has 0 bridgehead atoms. The molecule has 1 aliphatic rings. The summed E-state index contributed by atoms with van der Waals surface area (Å²) in [4.78, 5) is 5.63. The molecule has 1 heterocycles. The van der Waals surface area contributed by atoms with Crippen molar-refractivity contribution < 1.29 is 0 Å². The highest BCUT2D eigenvalue weighted by molar-refractivity contribution is 9.10. The molecule has 0 saturated carbocycles. The number of benzene rings is 1. The van der Waals surface area contributed by atoms with Gasteiger partial charge in [-0.15, -0.1) is 11.3 Å². The summed E-state index contributed by atoms with van der Waals surface area (Å²) in [7, 11) is 0. The smallest absolute Gasteiger partial charge is 0.180 e. The molecule has 0 fully saturated rings. The van der Waals surface area contributed by atoms with E-state index in [0.29, 0.717) is 16.6 Å². The highest BCUT2D eigenvalue weighted by Gasteiger charge is 2.29. The number of nitrogens with zero attached hydrogens (tertiary/aromatic N) is 2. The summed E-state index contributed by atoms with van der Waals surface area (Å²) in [5.41, 5.74) is 8.80. The van der Waals surface area contributed by atoms with Crippen LogP contribution in [0.25, 0.3) is 0 Å². The van der Waals surface area contributed by atoms with Gasteiger partial charge in [0.05, 0.1) is 17.3 Å². The monoisotopic (exact) mass is 319 g/mol. The summed E-state index contributed by atoms with van der Waals surface area (Å²) >= 11 is 5.14. The van der Waals surface area contributed by atoms with Crippen LogP contribution < -0.4 is 5.73 Å². The van der Waals surface area contributed by atoms with E-state index in [1.54, 1.807) is 11.3 Å². The molecule has 1 aromatic heterocycles. The molecule has 5 heteroatoms. The molecule has 0 aliphatic heterocycles. The van der Waals surface area contributed by atoms with Gasteiger partial charge < -0.3 is 5.73 Å². The first-order valence-electron chi connectivity index (χ1n) is 5.63. The molecular formula is C13H10BrN3S. The van der Waals surface area contributed by atoms with Gasteiger partial charge in [0.1, 0.15) is 0 Å². The molecule has 1 atom stereocenters. The Morgan fingerprint density at radius 3 is 3.06 bits per heavy atom. The van der Waals surface area contributed by atoms with Gasteiger partial charge in [-0.05, 0) is 30.5 Å². The van der Waals surface area contributed by atoms with E-state index in [0.717, 1.165) is 23.0 Å². The number of hydrogen-bond acceptors (Lipinski definition) is 4. The molecular weight excluding hydrogens is 310 g/mol. The van der Waals surface area contributed by atoms with E-state index in [1.165, 1.54) is 10.4 Å². The Bertz CT molecular complexity index is 657. The third-order valence-corrected chi connectivity index (χ3v) is 4.96. The fraction of sp³-hybridized carbons (Fsp3) is 0.231. The fourth-order valence-electron chi connectivity index (χ4n) is 2.42. The van der Waals surface area contributed by atoms with E-state index in [-0.39, 0.29) is 0 Å². The van der Waals surface area contributed by atoms with Gasteiger partial charge in [0.25, 0.3) is 0 Å². The summed E-state index contributed by atoms with van der Waals surface area (Å²) in [5.74, 6) is 0.358. The number of hydrogen-bond donors (Lipinski definition) is 1. The average Bonchev–Trinajstić information content (AvgIpc) is 2.88. The number of thiazole rings is 1. The van der Waals surface area contributed by atoms with Crippen molar-refractivity contribution in [2.45, 2.75) is 18.8 Å². The second-order valence-electron chi connectivity index (χ2n) is 4.30. The number of anilines is 1. The quantitative estimate of drug-likeness (QED) is 0.875. The van der Waals surface area contributed by atoms with Crippen LogP contribution in [-0.2, 0) is 6.42 Å². The van der Waals surface area contributed by atoms with Crippen LogP contribution in [-0.4, -0.2) is 4.98 Å². The third kappa shape index (κ3) is 1.82. The molecule has 90 valence electrons. The van der Waals surface area contributed by atoms with Crippen LogP contribution in [0.3, 0.4) is 0 Å². The van der Waals surface area contributed by atoms with Crippen LogP contribution in [0.1, 0.15) is 34.0 Å². The van der Waals surface area contributed by atoms with Gasteiger partial charge in [0.15, 0.2) is 5.13 Å². The molecule has 0 spiro atoms. The molecule has 1 aliphatic carbocycles. The number of aryl methyl sites for hydroxylation is 1. The number of rotatable bonds is 1. The van der Waals surface area contributed by atoms with Crippen molar-refractivity contribution in [3.05, 3.63) is 44.4 Å². The van der Waals surface area contributed by atoms with Crippen molar-refractivity contribution >= 4 is 32.4 Å². The number of halogens is 1. The maximum atomic E-state index is 8.88. The Kier molecular flexibility index (Phi) is 2.84. The van der Waals surface area contributed by atoms with Crippen molar-refractivity contribution in [2.75, 3.05) is 5.73 Å². The first-order valence-corrected chi connectivity index (χ1v) is 7.24. The molecule has 3 nitrogen and oxygen atoms in total. The third-order valence-electron chi connectivity index (χ3n) is 3.24. The second-order valence-corrected chi connectivity index (χ2v) is 6.22. The predicted octanol–water partition coefficient (Wildman–Crippen LogP) is 3.44. The number of nitrogen functional groups attached to an aromatic ring is 1. The van der Waals surface area contributed by atoms with E-state index in [1.807, 2.05) is 18.2 Å². The zero-order valence-corrected chi connectivity index (χ0v) is 11.9. The van der Waals surface area contributed by atoms with Crippen molar-refractivity contribution in [1.82, 2.24) is 4.98 Å². The number of fused-ring (bicyclic) bond motifs is 1. The Morgan fingerprint density at radius 1 is 1.50 bits per heavy atom. The van der Waals surface area contributed by atoms with Crippen LogP contribution in [0.15, 0.2) is 22.7 Å². The molecule has 1 aromatic carbocycles. The lowest BCUT2D eigenvalue weighted by molar-refractivity contribution is 0.787. The van der Waals surface area contributed by atoms with E-state index >= 15 is 0 Å². The summed E-state index contributed by atoms with van der Waals surface area (Å²) < 4.78 is 0.992. The molecule has 0 saturated heterocycles. The molecule has 3 rings (SSSR count). The normalized spacial score (nSPS) is 17.4. The van der Waals surface area contributed by atoms with E-state index in [9.17, 15) is 0 Å². The number of nitriles is 1. The van der Waals surface area contributed by atoms with Gasteiger partial charge in [0, 0.05) is 15.3 Å². The molecule has 18 heavy (non-hydrogen) atoms. The Labute approximate surface area is 117 Å². The second kappa shape index (κ2) is 4.38. The summed E-state index contributed by atoms with van der Waals surface area (Å²) in [6, 6.07) is 7.91. The van der Waals surface area contributed by atoms with Gasteiger partial charge in [-0.3, -0.25) is 0 Å². The molecule has 0 radical (unpaired) electrons. The van der Waals surface area contributed by atoms with Gasteiger partial charge in [0.2, 0.25) is 0 Å². The number of aromatic nitrogens is 1. The maximum absolute atomic E-state index is 8.88. The zero-order valence-electron chi connectivity index (χ0n) is 9.48. The SMILES string of the molecule is N#Cc1ccc(C2CCc3nc(N)sc32)c(Br)c1. The van der Waals surface area contributed by atoms with Gasteiger partial charge in [-0.1, -0.05) is 22.0 Å². The lowest BCUT2D eigenvalue weighted by Crippen LogP contribution is -1.96. The van der Waals surface area contributed by atoms with E-state index in [2.05, 4.69) is 27.0 Å². The zero-order chi connectivity index (χ0) is 12.7.